The van der Waals surface area contributed by atoms with Crippen molar-refractivity contribution in [2.75, 3.05) is 25.2 Å². The first-order valence-electron chi connectivity index (χ1n) is 12.6. The van der Waals surface area contributed by atoms with Crippen LogP contribution in [0.15, 0.2) is 66.4 Å². The summed E-state index contributed by atoms with van der Waals surface area (Å²) in [5.74, 6) is 0.233. The van der Waals surface area contributed by atoms with E-state index in [0.29, 0.717) is 34.4 Å². The number of aryl methyl sites for hydroxylation is 1. The number of rotatable bonds is 10. The van der Waals surface area contributed by atoms with Crippen LogP contribution in [-0.2, 0) is 27.4 Å². The van der Waals surface area contributed by atoms with Gasteiger partial charge in [0.2, 0.25) is 0 Å². The highest BCUT2D eigenvalue weighted by molar-refractivity contribution is 14.1. The van der Waals surface area contributed by atoms with Gasteiger partial charge in [0, 0.05) is 10.6 Å². The van der Waals surface area contributed by atoms with Gasteiger partial charge in [0.05, 0.1) is 23.0 Å². The van der Waals surface area contributed by atoms with Gasteiger partial charge in [-0.05, 0) is 95.7 Å². The summed E-state index contributed by atoms with van der Waals surface area (Å²) in [6.45, 7) is 4.42. The summed E-state index contributed by atoms with van der Waals surface area (Å²) in [6, 6.07) is 18.8. The van der Waals surface area contributed by atoms with Crippen LogP contribution in [0, 0.1) is 3.57 Å². The van der Waals surface area contributed by atoms with Gasteiger partial charge in [-0.25, -0.2) is 0 Å². The Morgan fingerprint density at radius 1 is 1.07 bits per heavy atom. The summed E-state index contributed by atoms with van der Waals surface area (Å²) in [5.41, 5.74) is 3.54. The van der Waals surface area contributed by atoms with Crippen LogP contribution in [0.3, 0.4) is 0 Å². The van der Waals surface area contributed by atoms with Crippen molar-refractivity contribution >= 4 is 75.2 Å². The van der Waals surface area contributed by atoms with Crippen molar-refractivity contribution in [1.29, 1.82) is 0 Å². The third-order valence-corrected chi connectivity index (χ3v) is 7.79. The molecular weight excluding hydrogens is 663 g/mol. The van der Waals surface area contributed by atoms with Crippen LogP contribution in [-0.4, -0.2) is 42.2 Å². The lowest BCUT2D eigenvalue weighted by atomic mass is 10.1. The van der Waals surface area contributed by atoms with Crippen LogP contribution in [0.5, 0.6) is 11.5 Å². The number of ether oxygens (including phenoxy) is 3. The zero-order chi connectivity index (χ0) is 28.8. The van der Waals surface area contributed by atoms with E-state index >= 15 is 0 Å². The number of nitrogens with zero attached hydrogens (tertiary/aromatic N) is 2. The van der Waals surface area contributed by atoms with Gasteiger partial charge in [-0.15, -0.1) is 0 Å². The van der Waals surface area contributed by atoms with Gasteiger partial charge in [-0.3, -0.25) is 14.5 Å². The summed E-state index contributed by atoms with van der Waals surface area (Å²) < 4.78 is 17.7. The Kier molecular flexibility index (Phi) is 10.0. The molecule has 0 spiro atoms. The van der Waals surface area contributed by atoms with Gasteiger partial charge in [0.15, 0.2) is 16.6 Å². The van der Waals surface area contributed by atoms with Crippen molar-refractivity contribution < 1.29 is 23.8 Å². The van der Waals surface area contributed by atoms with Gasteiger partial charge in [0.25, 0.3) is 5.91 Å². The predicted molar refractivity (Wildman–Crippen MR) is 169 cm³/mol. The van der Waals surface area contributed by atoms with E-state index in [2.05, 4.69) is 29.5 Å². The number of hydrogen-bond donors (Lipinski definition) is 0. The first kappa shape index (κ1) is 29.8. The second-order valence-electron chi connectivity index (χ2n) is 8.78. The second-order valence-corrected chi connectivity index (χ2v) is 10.7. The zero-order valence-electron chi connectivity index (χ0n) is 22.3. The molecule has 0 bridgehead atoms. The molecule has 0 saturated carbocycles. The maximum absolute atomic E-state index is 13.7. The molecule has 1 heterocycles. The highest BCUT2D eigenvalue weighted by atomic mass is 127. The molecule has 0 unspecified atom stereocenters. The number of esters is 1. The molecule has 3 aromatic rings. The molecule has 1 aliphatic heterocycles. The normalized spacial score (nSPS) is 14.2. The molecule has 10 heteroatoms. The zero-order valence-corrected chi connectivity index (χ0v) is 26.0. The third kappa shape index (κ3) is 6.59. The fraction of sp³-hybridized carbons (Fsp3) is 0.233. The average Bonchev–Trinajstić information content (AvgIpc) is 3.17. The van der Waals surface area contributed by atoms with Gasteiger partial charge in [-0.2, -0.15) is 0 Å². The summed E-state index contributed by atoms with van der Waals surface area (Å²) in [7, 11) is 1.30. The van der Waals surface area contributed by atoms with Crippen molar-refractivity contribution in [3.63, 3.8) is 0 Å². The van der Waals surface area contributed by atoms with Crippen LogP contribution in [0.25, 0.3) is 6.08 Å². The molecule has 4 rings (SSSR count). The minimum absolute atomic E-state index is 0.199. The molecule has 0 atom stereocenters. The molecule has 1 aliphatic rings. The fourth-order valence-corrected chi connectivity index (χ4v) is 5.46. The highest BCUT2D eigenvalue weighted by Crippen LogP contribution is 2.37. The Hall–Kier alpha value is -3.15. The first-order valence-corrected chi connectivity index (χ1v) is 14.5. The number of benzene rings is 3. The van der Waals surface area contributed by atoms with Crippen LogP contribution >= 0.6 is 46.4 Å². The number of thiocarbonyl (C=S) groups is 1. The highest BCUT2D eigenvalue weighted by Gasteiger charge is 2.40. The lowest BCUT2D eigenvalue weighted by Gasteiger charge is -2.19. The minimum atomic E-state index is -0.517. The molecule has 0 aliphatic carbocycles. The Morgan fingerprint density at radius 2 is 1.80 bits per heavy atom. The van der Waals surface area contributed by atoms with E-state index in [1.54, 1.807) is 12.1 Å². The quantitative estimate of drug-likeness (QED) is 0.102. The Labute approximate surface area is 257 Å². The summed E-state index contributed by atoms with van der Waals surface area (Å²) in [4.78, 5) is 28.9. The monoisotopic (exact) mass is 690 g/mol. The molecule has 1 saturated heterocycles. The minimum Gasteiger partial charge on any atom is -0.490 e. The van der Waals surface area contributed by atoms with Gasteiger partial charge >= 0.3 is 5.97 Å². The largest absolute Gasteiger partial charge is 0.490 e. The average molecular weight is 691 g/mol. The van der Waals surface area contributed by atoms with Crippen molar-refractivity contribution in [3.8, 4) is 11.5 Å². The molecule has 208 valence electrons. The molecule has 7 nitrogen and oxygen atoms in total. The molecule has 0 aromatic heterocycles. The Morgan fingerprint density at radius 3 is 2.45 bits per heavy atom. The topological polar surface area (TPSA) is 68.3 Å². The van der Waals surface area contributed by atoms with Crippen molar-refractivity contribution in [2.45, 2.75) is 26.9 Å². The molecule has 1 fully saturated rings. The maximum atomic E-state index is 13.7. The van der Waals surface area contributed by atoms with E-state index in [1.165, 1.54) is 16.9 Å². The van der Waals surface area contributed by atoms with Crippen LogP contribution in [0.2, 0.25) is 5.02 Å². The summed E-state index contributed by atoms with van der Waals surface area (Å²) in [5, 5.41) is 0.817. The number of anilines is 1. The van der Waals surface area contributed by atoms with Crippen molar-refractivity contribution in [2.24, 2.45) is 0 Å². The molecule has 0 radical (unpaired) electrons. The number of carbonyl (C=O) groups excluding carboxylic acids is 2. The van der Waals surface area contributed by atoms with Crippen molar-refractivity contribution in [1.82, 2.24) is 4.90 Å². The second kappa shape index (κ2) is 13.5. The van der Waals surface area contributed by atoms with E-state index in [0.717, 1.165) is 21.1 Å². The van der Waals surface area contributed by atoms with Gasteiger partial charge in [-0.1, -0.05) is 48.9 Å². The van der Waals surface area contributed by atoms with Gasteiger partial charge < -0.3 is 19.1 Å². The standard InChI is InChI=1S/C30H28ClIN2O5S/c1-4-19-10-12-22(13-11-19)34-29(36)25(33(30(34)40)17-27(35)37-3)15-20-14-24(32)28(26(16-20)38-5-2)39-18-21-8-6-7-9-23(21)31/h6-16H,4-5,17-18H2,1-3H3/b25-15-. The summed E-state index contributed by atoms with van der Waals surface area (Å²) >= 11 is 14.1. The van der Waals surface area contributed by atoms with E-state index in [-0.39, 0.29) is 29.9 Å². The number of carbonyl (C=O) groups is 2. The molecular formula is C30H28ClIN2O5S. The lowest BCUT2D eigenvalue weighted by Crippen LogP contribution is -2.35. The summed E-state index contributed by atoms with van der Waals surface area (Å²) in [6.07, 6.45) is 2.57. The van der Waals surface area contributed by atoms with E-state index in [1.807, 2.05) is 61.5 Å². The number of methoxy groups -OCH3 is 1. The van der Waals surface area contributed by atoms with Gasteiger partial charge in [0.1, 0.15) is 18.8 Å². The number of halogens is 2. The molecule has 3 aromatic carbocycles. The van der Waals surface area contributed by atoms with E-state index < -0.39 is 5.97 Å². The van der Waals surface area contributed by atoms with Crippen LogP contribution in [0.1, 0.15) is 30.5 Å². The molecule has 1 amide bonds. The predicted octanol–water partition coefficient (Wildman–Crippen LogP) is 6.63. The number of hydrogen-bond acceptors (Lipinski definition) is 6. The smallest absolute Gasteiger partial charge is 0.325 e. The Bertz CT molecular complexity index is 1460. The molecule has 0 N–H and O–H groups in total. The lowest BCUT2D eigenvalue weighted by molar-refractivity contribution is -0.140. The SMILES string of the molecule is CCOc1cc(/C=C2/C(=O)N(c3ccc(CC)cc3)C(=S)N2CC(=O)OC)cc(I)c1OCc1ccccc1Cl. The van der Waals surface area contributed by atoms with Crippen LogP contribution in [0.4, 0.5) is 5.69 Å². The molecule has 40 heavy (non-hydrogen) atoms. The van der Waals surface area contributed by atoms with Crippen molar-refractivity contribution in [3.05, 3.63) is 91.6 Å². The van der Waals surface area contributed by atoms with E-state index in [9.17, 15) is 9.59 Å². The Balaban J connectivity index is 1.71. The van der Waals surface area contributed by atoms with E-state index in [4.69, 9.17) is 38.0 Å². The number of amides is 1. The van der Waals surface area contributed by atoms with Crippen LogP contribution < -0.4 is 14.4 Å². The fourth-order valence-electron chi connectivity index (χ4n) is 4.13. The maximum Gasteiger partial charge on any atom is 0.325 e. The first-order chi connectivity index (χ1) is 19.3. The third-order valence-electron chi connectivity index (χ3n) is 6.22.